The highest BCUT2D eigenvalue weighted by molar-refractivity contribution is 5.85. The van der Waals surface area contributed by atoms with Gasteiger partial charge in [0.15, 0.2) is 0 Å². The van der Waals surface area contributed by atoms with Gasteiger partial charge in [0.05, 0.1) is 0 Å². The minimum absolute atomic E-state index is 0. The molecule has 4 heteroatoms. The number of amides is 1. The zero-order valence-electron chi connectivity index (χ0n) is 11.8. The largest absolute Gasteiger partial charge is 0.343 e. The summed E-state index contributed by atoms with van der Waals surface area (Å²) in [7, 11) is 0. The van der Waals surface area contributed by atoms with Gasteiger partial charge in [0.2, 0.25) is 5.91 Å². The molecule has 1 saturated carbocycles. The van der Waals surface area contributed by atoms with E-state index in [0.29, 0.717) is 17.2 Å². The van der Waals surface area contributed by atoms with Crippen LogP contribution in [0.25, 0.3) is 0 Å². The molecule has 1 aliphatic carbocycles. The van der Waals surface area contributed by atoms with E-state index in [-0.39, 0.29) is 12.4 Å². The second-order valence-corrected chi connectivity index (χ2v) is 6.66. The molecule has 3 fully saturated rings. The van der Waals surface area contributed by atoms with E-state index in [9.17, 15) is 4.79 Å². The van der Waals surface area contributed by atoms with Gasteiger partial charge in [0.1, 0.15) is 0 Å². The number of hydrogen-bond acceptors (Lipinski definition) is 2. The number of halogens is 1. The standard InChI is InChI=1S/C15H26N2O.ClH/c18-14(11-13-3-1-2-4-13)17-9-6-15(7-10-17)5-8-16-12-15;/h13,16H,1-12H2;1H. The van der Waals surface area contributed by atoms with Crippen molar-refractivity contribution in [1.29, 1.82) is 0 Å². The van der Waals surface area contributed by atoms with Crippen molar-refractivity contribution in [3.63, 3.8) is 0 Å². The Hall–Kier alpha value is -0.280. The molecule has 0 aromatic rings. The van der Waals surface area contributed by atoms with Gasteiger partial charge in [-0.2, -0.15) is 0 Å². The fourth-order valence-electron chi connectivity index (χ4n) is 4.04. The summed E-state index contributed by atoms with van der Waals surface area (Å²) in [6.45, 7) is 4.37. The van der Waals surface area contributed by atoms with Crippen LogP contribution >= 0.6 is 12.4 Å². The topological polar surface area (TPSA) is 32.3 Å². The van der Waals surface area contributed by atoms with Crippen LogP contribution in [-0.2, 0) is 4.79 Å². The van der Waals surface area contributed by atoms with Gasteiger partial charge in [-0.1, -0.05) is 12.8 Å². The third kappa shape index (κ3) is 3.43. The summed E-state index contributed by atoms with van der Waals surface area (Å²) in [6, 6.07) is 0. The van der Waals surface area contributed by atoms with E-state index in [2.05, 4.69) is 10.2 Å². The van der Waals surface area contributed by atoms with Crippen LogP contribution in [0.3, 0.4) is 0 Å². The zero-order chi connectivity index (χ0) is 12.4. The molecule has 1 spiro atoms. The second-order valence-electron chi connectivity index (χ2n) is 6.66. The first-order valence-electron chi connectivity index (χ1n) is 7.76. The molecular formula is C15H27ClN2O. The number of carbonyl (C=O) groups is 1. The molecule has 0 radical (unpaired) electrons. The minimum atomic E-state index is 0. The van der Waals surface area contributed by atoms with Crippen LogP contribution in [0.4, 0.5) is 0 Å². The van der Waals surface area contributed by atoms with Crippen LogP contribution in [0.1, 0.15) is 51.4 Å². The number of likely N-dealkylation sites (tertiary alicyclic amines) is 1. The average Bonchev–Trinajstić information content (AvgIpc) is 3.03. The average molecular weight is 287 g/mol. The Bertz CT molecular complexity index is 299. The van der Waals surface area contributed by atoms with E-state index in [0.717, 1.165) is 19.5 Å². The molecular weight excluding hydrogens is 260 g/mol. The van der Waals surface area contributed by atoms with E-state index < -0.39 is 0 Å². The van der Waals surface area contributed by atoms with Gasteiger partial charge < -0.3 is 10.2 Å². The molecule has 1 amide bonds. The molecule has 0 bridgehead atoms. The lowest BCUT2D eigenvalue weighted by molar-refractivity contribution is -0.134. The molecule has 0 aromatic heterocycles. The van der Waals surface area contributed by atoms with Gasteiger partial charge in [-0.3, -0.25) is 4.79 Å². The van der Waals surface area contributed by atoms with Crippen molar-refractivity contribution in [2.24, 2.45) is 11.3 Å². The molecule has 0 aromatic carbocycles. The Kier molecular flexibility index (Phi) is 5.13. The van der Waals surface area contributed by atoms with Crippen molar-refractivity contribution in [3.8, 4) is 0 Å². The van der Waals surface area contributed by atoms with E-state index in [1.807, 2.05) is 0 Å². The Morgan fingerprint density at radius 2 is 1.84 bits per heavy atom. The summed E-state index contributed by atoms with van der Waals surface area (Å²) in [5.74, 6) is 1.13. The SMILES string of the molecule is Cl.O=C(CC1CCCC1)N1CCC2(CCNC2)CC1. The van der Waals surface area contributed by atoms with Crippen molar-refractivity contribution in [2.45, 2.75) is 51.4 Å². The molecule has 110 valence electrons. The summed E-state index contributed by atoms with van der Waals surface area (Å²) >= 11 is 0. The first kappa shape index (κ1) is 15.1. The highest BCUT2D eigenvalue weighted by Crippen LogP contribution is 2.37. The van der Waals surface area contributed by atoms with Crippen LogP contribution < -0.4 is 5.32 Å². The number of hydrogen-bond donors (Lipinski definition) is 1. The summed E-state index contributed by atoms with van der Waals surface area (Å²) < 4.78 is 0. The summed E-state index contributed by atoms with van der Waals surface area (Å²) in [5.41, 5.74) is 0.532. The molecule has 3 aliphatic rings. The Balaban J connectivity index is 0.00000133. The second kappa shape index (κ2) is 6.45. The maximum atomic E-state index is 12.3. The molecule has 0 atom stereocenters. The van der Waals surface area contributed by atoms with Crippen molar-refractivity contribution in [1.82, 2.24) is 10.2 Å². The normalized spacial score (nSPS) is 26.6. The van der Waals surface area contributed by atoms with Gasteiger partial charge >= 0.3 is 0 Å². The lowest BCUT2D eigenvalue weighted by Gasteiger charge is -2.39. The maximum absolute atomic E-state index is 12.3. The zero-order valence-corrected chi connectivity index (χ0v) is 12.6. The molecule has 0 unspecified atom stereocenters. The number of nitrogens with zero attached hydrogens (tertiary/aromatic N) is 1. The predicted molar refractivity (Wildman–Crippen MR) is 79.6 cm³/mol. The maximum Gasteiger partial charge on any atom is 0.222 e. The Labute approximate surface area is 122 Å². The van der Waals surface area contributed by atoms with Crippen LogP contribution in [-0.4, -0.2) is 37.0 Å². The first-order chi connectivity index (χ1) is 8.77. The lowest BCUT2D eigenvalue weighted by Crippen LogP contribution is -2.44. The molecule has 2 heterocycles. The highest BCUT2D eigenvalue weighted by Gasteiger charge is 2.38. The molecule has 2 aliphatic heterocycles. The highest BCUT2D eigenvalue weighted by atomic mass is 35.5. The van der Waals surface area contributed by atoms with Crippen LogP contribution in [0, 0.1) is 11.3 Å². The predicted octanol–water partition coefficient (Wildman–Crippen LogP) is 2.59. The quantitative estimate of drug-likeness (QED) is 0.846. The van der Waals surface area contributed by atoms with E-state index >= 15 is 0 Å². The monoisotopic (exact) mass is 286 g/mol. The molecule has 3 nitrogen and oxygen atoms in total. The van der Waals surface area contributed by atoms with Crippen LogP contribution in [0.15, 0.2) is 0 Å². The fourth-order valence-corrected chi connectivity index (χ4v) is 4.04. The van der Waals surface area contributed by atoms with Crippen molar-refractivity contribution < 1.29 is 4.79 Å². The smallest absolute Gasteiger partial charge is 0.222 e. The number of rotatable bonds is 2. The summed E-state index contributed by atoms with van der Waals surface area (Å²) in [5, 5.41) is 3.48. The van der Waals surface area contributed by atoms with Crippen molar-refractivity contribution in [3.05, 3.63) is 0 Å². The molecule has 3 rings (SSSR count). The van der Waals surface area contributed by atoms with Crippen LogP contribution in [0.2, 0.25) is 0 Å². The van der Waals surface area contributed by atoms with E-state index in [1.165, 1.54) is 58.0 Å². The summed E-state index contributed by atoms with van der Waals surface area (Å²) in [4.78, 5) is 14.4. The number of piperidine rings is 1. The molecule has 19 heavy (non-hydrogen) atoms. The lowest BCUT2D eigenvalue weighted by atomic mass is 9.77. The van der Waals surface area contributed by atoms with E-state index in [4.69, 9.17) is 0 Å². The Morgan fingerprint density at radius 3 is 2.42 bits per heavy atom. The molecule has 1 N–H and O–H groups in total. The summed E-state index contributed by atoms with van der Waals surface area (Å²) in [6.07, 6.45) is 9.83. The van der Waals surface area contributed by atoms with E-state index in [1.54, 1.807) is 0 Å². The minimum Gasteiger partial charge on any atom is -0.343 e. The number of nitrogens with one attached hydrogen (secondary N) is 1. The van der Waals surface area contributed by atoms with Crippen molar-refractivity contribution >= 4 is 18.3 Å². The van der Waals surface area contributed by atoms with Gasteiger partial charge in [0, 0.05) is 26.1 Å². The van der Waals surface area contributed by atoms with Crippen molar-refractivity contribution in [2.75, 3.05) is 26.2 Å². The third-order valence-corrected chi connectivity index (χ3v) is 5.45. The number of carbonyl (C=O) groups excluding carboxylic acids is 1. The Morgan fingerprint density at radius 1 is 1.16 bits per heavy atom. The first-order valence-corrected chi connectivity index (χ1v) is 7.76. The fraction of sp³-hybridized carbons (Fsp3) is 0.933. The third-order valence-electron chi connectivity index (χ3n) is 5.45. The van der Waals surface area contributed by atoms with Gasteiger partial charge in [-0.25, -0.2) is 0 Å². The van der Waals surface area contributed by atoms with Gasteiger partial charge in [0.25, 0.3) is 0 Å². The van der Waals surface area contributed by atoms with Crippen LogP contribution in [0.5, 0.6) is 0 Å². The molecule has 2 saturated heterocycles. The van der Waals surface area contributed by atoms with Gasteiger partial charge in [-0.15, -0.1) is 12.4 Å². The van der Waals surface area contributed by atoms with Gasteiger partial charge in [-0.05, 0) is 50.0 Å².